The van der Waals surface area contributed by atoms with Gasteiger partial charge in [0.2, 0.25) is 0 Å². The average Bonchev–Trinajstić information content (AvgIpc) is 2.89. The molecule has 0 aliphatic heterocycles. The third-order valence-corrected chi connectivity index (χ3v) is 12.3. The van der Waals surface area contributed by atoms with E-state index in [4.69, 9.17) is 4.74 Å². The normalized spacial score (nSPS) is 41.8. The van der Waals surface area contributed by atoms with Gasteiger partial charge >= 0.3 is 0 Å². The van der Waals surface area contributed by atoms with E-state index in [1.54, 1.807) is 19.8 Å². The van der Waals surface area contributed by atoms with Gasteiger partial charge in [0.1, 0.15) is 5.78 Å². The fourth-order valence-electron chi connectivity index (χ4n) is 9.44. The van der Waals surface area contributed by atoms with Crippen LogP contribution in [0, 0.1) is 45.3 Å². The maximum atomic E-state index is 13.3. The second-order valence-electron chi connectivity index (χ2n) is 14.2. The number of ether oxygens (including phenoxy) is 2. The first-order valence-corrected chi connectivity index (χ1v) is 16.4. The fourth-order valence-corrected chi connectivity index (χ4v) is 9.44. The van der Waals surface area contributed by atoms with Gasteiger partial charge in [0, 0.05) is 26.7 Å². The van der Waals surface area contributed by atoms with E-state index in [1.807, 2.05) is 27.9 Å². The molecule has 3 fully saturated rings. The molecule has 3 heteroatoms. The van der Waals surface area contributed by atoms with E-state index in [0.29, 0.717) is 35.1 Å². The zero-order chi connectivity index (χ0) is 30.2. The topological polar surface area (TPSA) is 35.5 Å². The number of fused-ring (bicyclic) bond motifs is 1. The molecule has 0 aromatic carbocycles. The summed E-state index contributed by atoms with van der Waals surface area (Å²) in [6.07, 6.45) is 14.9. The van der Waals surface area contributed by atoms with Gasteiger partial charge in [-0.3, -0.25) is 4.79 Å². The molecule has 0 aromatic heterocycles. The largest absolute Gasteiger partial charge is 0.388 e. The molecule has 9 atom stereocenters. The second-order valence-corrected chi connectivity index (χ2v) is 14.2. The minimum absolute atomic E-state index is 0.172. The van der Waals surface area contributed by atoms with Gasteiger partial charge in [0.25, 0.3) is 0 Å². The van der Waals surface area contributed by atoms with Crippen molar-refractivity contribution in [3.8, 4) is 0 Å². The number of hydrogen-bond donors (Lipinski definition) is 0. The van der Waals surface area contributed by atoms with Crippen molar-refractivity contribution in [3.63, 3.8) is 0 Å². The summed E-state index contributed by atoms with van der Waals surface area (Å²) in [6.45, 7) is 25.4. The van der Waals surface area contributed by atoms with Crippen molar-refractivity contribution in [2.24, 2.45) is 45.3 Å². The van der Waals surface area contributed by atoms with Gasteiger partial charge in [0.15, 0.2) is 0 Å². The molecule has 3 rings (SSSR count). The van der Waals surface area contributed by atoms with Crippen molar-refractivity contribution in [2.45, 2.75) is 146 Å². The number of Topliss-reactive ketones (excluding diaryl/α,β-unsaturated/α-hetero) is 1. The number of methoxy groups -OCH3 is 2. The third-order valence-electron chi connectivity index (χ3n) is 12.3. The van der Waals surface area contributed by atoms with Crippen molar-refractivity contribution in [2.75, 3.05) is 21.3 Å². The third kappa shape index (κ3) is 7.04. The Bertz CT molecular complexity index is 788. The van der Waals surface area contributed by atoms with Crippen LogP contribution in [0.25, 0.3) is 0 Å². The predicted molar refractivity (Wildman–Crippen MR) is 169 cm³/mol. The molecule has 3 aliphatic carbocycles. The maximum absolute atomic E-state index is 13.3. The minimum atomic E-state index is -0.173. The van der Waals surface area contributed by atoms with Crippen LogP contribution in [0.1, 0.15) is 140 Å². The van der Waals surface area contributed by atoms with E-state index in [0.717, 1.165) is 25.2 Å². The molecule has 0 heterocycles. The zero-order valence-corrected chi connectivity index (χ0v) is 28.8. The van der Waals surface area contributed by atoms with Gasteiger partial charge in [0.05, 0.1) is 6.10 Å². The quantitative estimate of drug-likeness (QED) is 0.297. The van der Waals surface area contributed by atoms with Gasteiger partial charge in [-0.1, -0.05) is 80.4 Å². The second kappa shape index (κ2) is 15.0. The summed E-state index contributed by atoms with van der Waals surface area (Å²) in [4.78, 5) is 13.3. The fraction of sp³-hybridized carbons (Fsp3) is 0.917. The van der Waals surface area contributed by atoms with Crippen LogP contribution >= 0.6 is 0 Å². The first-order chi connectivity index (χ1) is 18.3. The molecule has 0 amide bonds. The van der Waals surface area contributed by atoms with Crippen LogP contribution in [-0.4, -0.2) is 33.2 Å². The van der Waals surface area contributed by atoms with Crippen molar-refractivity contribution >= 4 is 5.78 Å². The standard InChI is InChI=1S/C32H56O2.C2H6O.C2H6/c1-11-22(3)13-18-32(25(6)33)20-19-31(9,26(12-2)24(32)5)30(8)17-14-27-23(4)28(34-10)15-16-29(27,7)21-30;1-3-2;1-2/h12,22-24,27-28H,11,13-21H2,1-10H3;1-2H3;1-2H3/b26-12-;;/t22-,23?,24?,27?,28?,29?,30?,31+,32?;;/m0../s1. The van der Waals surface area contributed by atoms with Crippen molar-refractivity contribution in [1.82, 2.24) is 0 Å². The highest BCUT2D eigenvalue weighted by Crippen LogP contribution is 2.68. The van der Waals surface area contributed by atoms with E-state index in [9.17, 15) is 4.79 Å². The molecular weight excluding hydrogens is 480 g/mol. The molecule has 0 N–H and O–H groups in total. The van der Waals surface area contributed by atoms with Gasteiger partial charge in [-0.2, -0.15) is 0 Å². The van der Waals surface area contributed by atoms with Crippen LogP contribution in [0.2, 0.25) is 0 Å². The number of carbonyl (C=O) groups is 1. The lowest BCUT2D eigenvalue weighted by Gasteiger charge is -2.64. The molecule has 0 spiro atoms. The molecule has 0 bridgehead atoms. The highest BCUT2D eigenvalue weighted by Gasteiger charge is 2.61. The van der Waals surface area contributed by atoms with Crippen LogP contribution in [0.4, 0.5) is 0 Å². The summed E-state index contributed by atoms with van der Waals surface area (Å²) in [5.74, 6) is 2.88. The maximum Gasteiger partial charge on any atom is 0.136 e. The van der Waals surface area contributed by atoms with Crippen LogP contribution in [0.5, 0.6) is 0 Å². The van der Waals surface area contributed by atoms with E-state index in [-0.39, 0.29) is 16.2 Å². The van der Waals surface area contributed by atoms with Gasteiger partial charge in [-0.05, 0) is 112 Å². The summed E-state index contributed by atoms with van der Waals surface area (Å²) in [5, 5.41) is 0. The summed E-state index contributed by atoms with van der Waals surface area (Å²) in [5.41, 5.74) is 2.27. The predicted octanol–water partition coefficient (Wildman–Crippen LogP) is 10.3. The molecule has 3 nitrogen and oxygen atoms in total. The highest BCUT2D eigenvalue weighted by molar-refractivity contribution is 5.83. The highest BCUT2D eigenvalue weighted by atomic mass is 16.5. The molecule has 3 aliphatic rings. The summed E-state index contributed by atoms with van der Waals surface area (Å²) < 4.78 is 10.1. The van der Waals surface area contributed by atoms with Gasteiger partial charge < -0.3 is 9.47 Å². The summed E-state index contributed by atoms with van der Waals surface area (Å²) in [6, 6.07) is 0. The van der Waals surface area contributed by atoms with Crippen molar-refractivity contribution in [1.29, 1.82) is 0 Å². The number of allylic oxidation sites excluding steroid dienone is 2. The SMILES string of the molecule is C/C=C1/C(C)C(CC[C@@H](C)CC)(C(C)=O)CC[C@@]1(C)C1(C)CCC2C(C)C(OC)CCC2(C)C1.CC.COC. The van der Waals surface area contributed by atoms with E-state index in [1.165, 1.54) is 44.9 Å². The average molecular weight is 549 g/mol. The molecule has 0 aromatic rings. The lowest BCUT2D eigenvalue weighted by Crippen LogP contribution is -2.56. The number of ketones is 1. The molecule has 7 unspecified atom stereocenters. The summed E-state index contributed by atoms with van der Waals surface area (Å²) >= 11 is 0. The van der Waals surface area contributed by atoms with Crippen LogP contribution in [0.3, 0.4) is 0 Å². The van der Waals surface area contributed by atoms with Gasteiger partial charge in [-0.25, -0.2) is 0 Å². The Morgan fingerprint density at radius 2 is 1.62 bits per heavy atom. The monoisotopic (exact) mass is 549 g/mol. The molecule has 3 saturated carbocycles. The Labute approximate surface area is 244 Å². The summed E-state index contributed by atoms with van der Waals surface area (Å²) in [7, 11) is 5.15. The number of hydrogen-bond acceptors (Lipinski definition) is 3. The number of carbonyl (C=O) groups excluding carboxylic acids is 1. The van der Waals surface area contributed by atoms with E-state index < -0.39 is 0 Å². The Kier molecular flexibility index (Phi) is 14.0. The zero-order valence-electron chi connectivity index (χ0n) is 28.8. The molecule has 39 heavy (non-hydrogen) atoms. The lowest BCUT2D eigenvalue weighted by atomic mass is 9.41. The molecule has 0 radical (unpaired) electrons. The Morgan fingerprint density at radius 1 is 1.03 bits per heavy atom. The van der Waals surface area contributed by atoms with Crippen molar-refractivity contribution < 1.29 is 14.3 Å². The number of rotatable bonds is 7. The van der Waals surface area contributed by atoms with E-state index >= 15 is 0 Å². The lowest BCUT2D eigenvalue weighted by molar-refractivity contribution is -0.142. The smallest absolute Gasteiger partial charge is 0.136 e. The van der Waals surface area contributed by atoms with Crippen LogP contribution in [-0.2, 0) is 14.3 Å². The first-order valence-electron chi connectivity index (χ1n) is 16.4. The Hall–Kier alpha value is -0.670. The molecule has 0 saturated heterocycles. The Balaban J connectivity index is 0.00000142. The van der Waals surface area contributed by atoms with E-state index in [2.05, 4.69) is 66.2 Å². The Morgan fingerprint density at radius 3 is 2.10 bits per heavy atom. The van der Waals surface area contributed by atoms with Crippen LogP contribution in [0.15, 0.2) is 11.6 Å². The van der Waals surface area contributed by atoms with Gasteiger partial charge in [-0.15, -0.1) is 0 Å². The van der Waals surface area contributed by atoms with Crippen LogP contribution < -0.4 is 0 Å². The molecule has 230 valence electrons. The minimum Gasteiger partial charge on any atom is -0.388 e. The molecular formula is C36H68O3. The first kappa shape index (κ1) is 36.4. The van der Waals surface area contributed by atoms with Crippen molar-refractivity contribution in [3.05, 3.63) is 11.6 Å².